The lowest BCUT2D eigenvalue weighted by atomic mass is 10.1. The molecule has 0 saturated heterocycles. The number of hydrogen-bond acceptors (Lipinski definition) is 17. The summed E-state index contributed by atoms with van der Waals surface area (Å²) in [5.74, 6) is -1.87. The molecular formula is C39H71N3O12S2. The quantitative estimate of drug-likeness (QED) is 0.0424. The first-order valence-electron chi connectivity index (χ1n) is 20.0. The van der Waals surface area contributed by atoms with Crippen molar-refractivity contribution in [3.05, 3.63) is 0 Å². The van der Waals surface area contributed by atoms with Gasteiger partial charge in [0.1, 0.15) is 39.6 Å². The van der Waals surface area contributed by atoms with Gasteiger partial charge in [0.25, 0.3) is 0 Å². The van der Waals surface area contributed by atoms with Gasteiger partial charge in [-0.05, 0) is 71.7 Å². The van der Waals surface area contributed by atoms with Crippen molar-refractivity contribution >= 4 is 60.2 Å². The third-order valence-electron chi connectivity index (χ3n) is 8.75. The summed E-state index contributed by atoms with van der Waals surface area (Å²) in [6, 6.07) is 0. The fraction of sp³-hybridized carbons (Fsp3) is 0.846. The van der Waals surface area contributed by atoms with Crippen molar-refractivity contribution in [3.63, 3.8) is 0 Å². The van der Waals surface area contributed by atoms with Crippen LogP contribution >= 0.6 is 24.4 Å². The van der Waals surface area contributed by atoms with Gasteiger partial charge < -0.3 is 43.1 Å². The number of hydrogen-bond donors (Lipinski definition) is 1. The predicted molar refractivity (Wildman–Crippen MR) is 220 cm³/mol. The van der Waals surface area contributed by atoms with E-state index < -0.39 is 11.9 Å². The van der Waals surface area contributed by atoms with Crippen LogP contribution < -0.4 is 0 Å². The molecule has 0 aliphatic carbocycles. The molecule has 0 radical (unpaired) electrons. The van der Waals surface area contributed by atoms with Crippen LogP contribution in [-0.2, 0) is 57.2 Å². The minimum absolute atomic E-state index is 0.00213. The highest BCUT2D eigenvalue weighted by atomic mass is 32.2. The molecule has 326 valence electrons. The van der Waals surface area contributed by atoms with Gasteiger partial charge in [-0.2, -0.15) is 24.4 Å². The zero-order valence-electron chi connectivity index (χ0n) is 35.1. The van der Waals surface area contributed by atoms with Gasteiger partial charge in [-0.25, -0.2) is 0 Å². The average Bonchev–Trinajstić information content (AvgIpc) is 3.18. The molecule has 0 aromatic carbocycles. The lowest BCUT2D eigenvalue weighted by Crippen LogP contribution is -2.34. The maximum Gasteiger partial charge on any atom is 0.309 e. The van der Waals surface area contributed by atoms with Crippen LogP contribution in [0, 0.1) is 17.8 Å². The van der Waals surface area contributed by atoms with Gasteiger partial charge in [-0.1, -0.05) is 34.6 Å². The summed E-state index contributed by atoms with van der Waals surface area (Å²) in [7, 11) is 2.05. The second-order valence-corrected chi connectivity index (χ2v) is 15.1. The van der Waals surface area contributed by atoms with E-state index in [0.717, 1.165) is 45.4 Å². The van der Waals surface area contributed by atoms with Crippen molar-refractivity contribution in [2.75, 3.05) is 117 Å². The minimum atomic E-state index is -0.420. The van der Waals surface area contributed by atoms with Crippen molar-refractivity contribution in [1.82, 2.24) is 14.7 Å². The molecule has 0 N–H and O–H groups in total. The minimum Gasteiger partial charge on any atom is -0.462 e. The Hall–Kier alpha value is -2.60. The molecule has 15 nitrogen and oxygen atoms in total. The Morgan fingerprint density at radius 3 is 1.29 bits per heavy atom. The van der Waals surface area contributed by atoms with E-state index in [1.165, 1.54) is 0 Å². The van der Waals surface area contributed by atoms with Crippen molar-refractivity contribution in [3.8, 4) is 0 Å². The van der Waals surface area contributed by atoms with Crippen molar-refractivity contribution in [2.45, 2.75) is 79.6 Å². The Morgan fingerprint density at radius 1 is 0.536 bits per heavy atom. The highest BCUT2D eigenvalue weighted by Crippen LogP contribution is 2.08. The Balaban J connectivity index is 4.77. The summed E-state index contributed by atoms with van der Waals surface area (Å²) < 4.78 is 31.2. The summed E-state index contributed by atoms with van der Waals surface area (Å²) in [6.07, 6.45) is 5.71. The van der Waals surface area contributed by atoms with E-state index >= 15 is 0 Å². The molecule has 3 atom stereocenters. The lowest BCUT2D eigenvalue weighted by Gasteiger charge is -2.25. The highest BCUT2D eigenvalue weighted by molar-refractivity contribution is 7.98. The molecular weight excluding hydrogens is 767 g/mol. The average molecular weight is 838 g/mol. The Kier molecular flexibility index (Phi) is 32.8. The van der Waals surface area contributed by atoms with E-state index in [2.05, 4.69) is 29.4 Å². The summed E-state index contributed by atoms with van der Waals surface area (Å²) in [6.45, 7) is 14.6. The topological polar surface area (TPSA) is 168 Å². The number of esters is 6. The van der Waals surface area contributed by atoms with Gasteiger partial charge >= 0.3 is 35.8 Å². The van der Waals surface area contributed by atoms with Crippen LogP contribution in [0.4, 0.5) is 0 Å². The number of thioether (sulfide) groups is 1. The Labute approximate surface area is 345 Å². The van der Waals surface area contributed by atoms with Crippen LogP contribution in [0.3, 0.4) is 0 Å². The first kappa shape index (κ1) is 53.4. The summed E-state index contributed by atoms with van der Waals surface area (Å²) in [4.78, 5) is 79.2. The molecule has 0 spiro atoms. The van der Waals surface area contributed by atoms with E-state index in [0.29, 0.717) is 44.1 Å². The van der Waals surface area contributed by atoms with Crippen LogP contribution in [0.15, 0.2) is 0 Å². The molecule has 56 heavy (non-hydrogen) atoms. The van der Waals surface area contributed by atoms with E-state index in [1.54, 1.807) is 32.5 Å². The SMILES string of the molecule is CCCN(CCCN(C)CCCN(CCC(=O)OCCOC(=O)C(C)CC)CCC(=O)OCCOC(=O)C(C)CSC)CCC(=O)OCCOC(=O)C(C)CS. The van der Waals surface area contributed by atoms with Gasteiger partial charge in [0.15, 0.2) is 0 Å². The van der Waals surface area contributed by atoms with Crippen LogP contribution in [0.2, 0.25) is 0 Å². The number of rotatable bonds is 35. The number of thiol groups is 1. The Bertz CT molecular complexity index is 1120. The summed E-state index contributed by atoms with van der Waals surface area (Å²) in [5, 5.41) is 0. The van der Waals surface area contributed by atoms with E-state index in [1.807, 2.05) is 25.1 Å². The third kappa shape index (κ3) is 28.7. The molecule has 0 bridgehead atoms. The predicted octanol–water partition coefficient (Wildman–Crippen LogP) is 3.75. The fourth-order valence-electron chi connectivity index (χ4n) is 5.07. The van der Waals surface area contributed by atoms with Gasteiger partial charge in [-0.3, -0.25) is 28.8 Å². The van der Waals surface area contributed by atoms with Crippen LogP contribution in [0.1, 0.15) is 79.6 Å². The normalized spacial score (nSPS) is 12.9. The van der Waals surface area contributed by atoms with Crippen molar-refractivity contribution in [1.29, 1.82) is 0 Å². The zero-order valence-corrected chi connectivity index (χ0v) is 36.8. The molecule has 0 saturated carbocycles. The summed E-state index contributed by atoms with van der Waals surface area (Å²) in [5.41, 5.74) is 0. The molecule has 0 fully saturated rings. The first-order chi connectivity index (χ1) is 26.8. The van der Waals surface area contributed by atoms with Crippen LogP contribution in [-0.4, -0.2) is 167 Å². The maximum atomic E-state index is 12.5. The largest absolute Gasteiger partial charge is 0.462 e. The standard InChI is InChI=1S/C39H71N3O12S2/c1-8-15-41(20-12-34(43)50-24-27-53-38(47)32(4)29-55)18-10-16-40(6)17-11-19-42(21-13-35(44)49-23-26-52-37(46)31(3)9-2)22-14-36(45)51-25-28-54-39(48)33(5)30-56-7/h31-33,55H,8-30H2,1-7H3. The molecule has 3 unspecified atom stereocenters. The monoisotopic (exact) mass is 837 g/mol. The molecule has 0 amide bonds. The van der Waals surface area contributed by atoms with Gasteiger partial charge in [0.05, 0.1) is 37.0 Å². The first-order valence-corrected chi connectivity index (χ1v) is 22.0. The molecule has 0 aromatic heterocycles. The van der Waals surface area contributed by atoms with Crippen molar-refractivity contribution < 1.29 is 57.2 Å². The molecule has 0 heterocycles. The second kappa shape index (κ2) is 34.4. The number of nitrogens with zero attached hydrogens (tertiary/aromatic N) is 3. The number of ether oxygens (including phenoxy) is 6. The maximum absolute atomic E-state index is 12.5. The third-order valence-corrected chi connectivity index (χ3v) is 10.1. The van der Waals surface area contributed by atoms with Gasteiger partial charge in [0.2, 0.25) is 0 Å². The second-order valence-electron chi connectivity index (χ2n) is 13.9. The fourth-order valence-corrected chi connectivity index (χ4v) is 5.86. The highest BCUT2D eigenvalue weighted by Gasteiger charge is 2.17. The number of carbonyl (C=O) groups excluding carboxylic acids is 6. The van der Waals surface area contributed by atoms with E-state index in [4.69, 9.17) is 28.4 Å². The van der Waals surface area contributed by atoms with Gasteiger partial charge in [-0.15, -0.1) is 0 Å². The van der Waals surface area contributed by atoms with E-state index in [9.17, 15) is 28.8 Å². The molecule has 0 rings (SSSR count). The molecule has 17 heteroatoms. The molecule has 0 aliphatic rings. The van der Waals surface area contributed by atoms with Gasteiger partial charge in [0, 0.05) is 31.1 Å². The molecule has 0 aromatic rings. The van der Waals surface area contributed by atoms with Crippen molar-refractivity contribution in [2.24, 2.45) is 17.8 Å². The van der Waals surface area contributed by atoms with Crippen LogP contribution in [0.5, 0.6) is 0 Å². The van der Waals surface area contributed by atoms with E-state index in [-0.39, 0.29) is 101 Å². The Morgan fingerprint density at radius 2 is 0.911 bits per heavy atom. The zero-order chi connectivity index (χ0) is 42.1. The summed E-state index contributed by atoms with van der Waals surface area (Å²) >= 11 is 5.64. The lowest BCUT2D eigenvalue weighted by molar-refractivity contribution is -0.155. The smallest absolute Gasteiger partial charge is 0.309 e. The molecule has 0 aliphatic heterocycles. The van der Waals surface area contributed by atoms with Crippen LogP contribution in [0.25, 0.3) is 0 Å². The number of carbonyl (C=O) groups is 6.